The summed E-state index contributed by atoms with van der Waals surface area (Å²) in [6, 6.07) is 13.7. The first-order chi connectivity index (χ1) is 14.3. The van der Waals surface area contributed by atoms with Crippen LogP contribution in [-0.4, -0.2) is 45.1 Å². The number of rotatable bonds is 10. The Hall–Kier alpha value is -2.58. The van der Waals surface area contributed by atoms with Crippen molar-refractivity contribution in [2.45, 2.75) is 31.1 Å². The van der Waals surface area contributed by atoms with Crippen molar-refractivity contribution in [3.63, 3.8) is 0 Å². The Morgan fingerprint density at radius 2 is 1.67 bits per heavy atom. The number of carbonyl (C=O) groups excluding carboxylic acids is 1. The molecule has 1 N–H and O–H groups in total. The fraction of sp³-hybridized carbons (Fsp3) is 0.409. The molecule has 0 aliphatic carbocycles. The molecular weight excluding hydrogens is 399 g/mol. The lowest BCUT2D eigenvalue weighted by Crippen LogP contribution is -2.65. The van der Waals surface area contributed by atoms with Gasteiger partial charge >= 0.3 is 12.1 Å². The molecule has 0 spiro atoms. The number of ether oxygens (including phenoxy) is 3. The first-order valence-corrected chi connectivity index (χ1v) is 9.46. The van der Waals surface area contributed by atoms with Crippen molar-refractivity contribution in [1.29, 1.82) is 0 Å². The average Bonchev–Trinajstić information content (AvgIpc) is 2.73. The number of benzene rings is 2. The molecule has 2 rings (SSSR count). The molecule has 2 aromatic carbocycles. The van der Waals surface area contributed by atoms with Crippen molar-refractivity contribution < 1.29 is 32.2 Å². The summed E-state index contributed by atoms with van der Waals surface area (Å²) < 4.78 is 58.5. The molecule has 2 atom stereocenters. The zero-order valence-corrected chi connectivity index (χ0v) is 17.2. The third-order valence-electron chi connectivity index (χ3n) is 4.69. The van der Waals surface area contributed by atoms with Gasteiger partial charge in [-0.25, -0.2) is 4.79 Å². The topological polar surface area (TPSA) is 56.8 Å². The number of alkyl halides is 3. The van der Waals surface area contributed by atoms with Gasteiger partial charge in [0.25, 0.3) is 0 Å². The highest BCUT2D eigenvalue weighted by Crippen LogP contribution is 2.37. The normalized spacial score (nSPS) is 14.6. The molecule has 30 heavy (non-hydrogen) atoms. The van der Waals surface area contributed by atoms with E-state index in [1.165, 1.54) is 33.3 Å². The summed E-state index contributed by atoms with van der Waals surface area (Å²) in [7, 11) is 2.85. The van der Waals surface area contributed by atoms with Crippen molar-refractivity contribution in [2.24, 2.45) is 0 Å². The number of halogens is 3. The predicted octanol–water partition coefficient (Wildman–Crippen LogP) is 4.08. The van der Waals surface area contributed by atoms with E-state index < -0.39 is 30.1 Å². The van der Waals surface area contributed by atoms with Gasteiger partial charge in [-0.15, -0.1) is 0 Å². The Bertz CT molecular complexity index is 796. The van der Waals surface area contributed by atoms with E-state index in [4.69, 9.17) is 14.2 Å². The van der Waals surface area contributed by atoms with Crippen molar-refractivity contribution >= 4 is 5.97 Å². The van der Waals surface area contributed by atoms with Gasteiger partial charge in [0, 0.05) is 13.5 Å². The molecule has 0 aliphatic heterocycles. The summed E-state index contributed by atoms with van der Waals surface area (Å²) >= 11 is 0. The molecule has 0 aliphatic rings. The minimum atomic E-state index is -4.93. The summed E-state index contributed by atoms with van der Waals surface area (Å²) in [6.07, 6.45) is -5.58. The Balaban J connectivity index is 2.52. The molecule has 0 saturated carbocycles. The number of carbonyl (C=O) groups is 1. The molecule has 0 bridgehead atoms. The van der Waals surface area contributed by atoms with Gasteiger partial charge in [-0.2, -0.15) is 13.2 Å². The molecule has 0 fully saturated rings. The highest BCUT2D eigenvalue weighted by Gasteiger charge is 2.62. The van der Waals surface area contributed by atoms with E-state index in [1.54, 1.807) is 42.5 Å². The second-order valence-corrected chi connectivity index (χ2v) is 6.71. The predicted molar refractivity (Wildman–Crippen MR) is 106 cm³/mol. The van der Waals surface area contributed by atoms with Crippen LogP contribution >= 0.6 is 0 Å². The molecule has 5 nitrogen and oxygen atoms in total. The van der Waals surface area contributed by atoms with Gasteiger partial charge in [0.1, 0.15) is 5.75 Å². The number of hydrogen-bond donors (Lipinski definition) is 1. The monoisotopic (exact) mass is 425 g/mol. The fourth-order valence-corrected chi connectivity index (χ4v) is 3.15. The summed E-state index contributed by atoms with van der Waals surface area (Å²) in [5.74, 6) is -0.882. The Morgan fingerprint density at radius 3 is 2.17 bits per heavy atom. The van der Waals surface area contributed by atoms with Crippen LogP contribution < -0.4 is 10.1 Å². The van der Waals surface area contributed by atoms with E-state index in [0.29, 0.717) is 16.9 Å². The van der Waals surface area contributed by atoms with Gasteiger partial charge in [0.05, 0.1) is 26.4 Å². The maximum Gasteiger partial charge on any atom is 0.417 e. The van der Waals surface area contributed by atoms with E-state index in [9.17, 15) is 18.0 Å². The van der Waals surface area contributed by atoms with Crippen LogP contribution in [0.4, 0.5) is 13.2 Å². The van der Waals surface area contributed by atoms with Crippen LogP contribution in [-0.2, 0) is 20.7 Å². The quantitative estimate of drug-likeness (QED) is 0.582. The van der Waals surface area contributed by atoms with Crippen LogP contribution in [0.1, 0.15) is 24.1 Å². The van der Waals surface area contributed by atoms with E-state index >= 15 is 0 Å². The molecule has 0 amide bonds. The number of methoxy groups -OCH3 is 2. The maximum atomic E-state index is 14.5. The van der Waals surface area contributed by atoms with Crippen molar-refractivity contribution in [3.8, 4) is 5.75 Å². The Morgan fingerprint density at radius 1 is 1.03 bits per heavy atom. The second-order valence-electron chi connectivity index (χ2n) is 6.71. The molecular formula is C22H26F3NO4. The smallest absolute Gasteiger partial charge is 0.417 e. The molecule has 0 aromatic heterocycles. The van der Waals surface area contributed by atoms with Crippen molar-refractivity contribution in [3.05, 3.63) is 65.7 Å². The van der Waals surface area contributed by atoms with Gasteiger partial charge in [-0.05, 0) is 30.2 Å². The van der Waals surface area contributed by atoms with Gasteiger partial charge < -0.3 is 14.2 Å². The van der Waals surface area contributed by atoms with Crippen LogP contribution in [0.5, 0.6) is 5.75 Å². The van der Waals surface area contributed by atoms with Crippen LogP contribution in [0.2, 0.25) is 0 Å². The molecule has 164 valence electrons. The van der Waals surface area contributed by atoms with E-state index in [-0.39, 0.29) is 13.2 Å². The second kappa shape index (κ2) is 10.4. The van der Waals surface area contributed by atoms with Crippen LogP contribution in [0.3, 0.4) is 0 Å². The molecule has 0 heterocycles. The molecule has 0 unspecified atom stereocenters. The average molecular weight is 425 g/mol. The Labute approximate surface area is 174 Å². The van der Waals surface area contributed by atoms with Gasteiger partial charge in [-0.1, -0.05) is 42.5 Å². The Kier molecular flexibility index (Phi) is 8.25. The first-order valence-electron chi connectivity index (χ1n) is 9.46. The lowest BCUT2D eigenvalue weighted by atomic mass is 9.88. The maximum absolute atomic E-state index is 14.5. The number of esters is 1. The summed E-state index contributed by atoms with van der Waals surface area (Å²) in [5, 5.41) is 2.53. The standard InChI is InChI=1S/C22H26F3NO4/c1-4-30-20(27)21(22(23,24)25,14-16-10-12-18(29-3)13-11-16)26-19(15-28-2)17-8-6-5-7-9-17/h5-13,19,26H,4,14-15H2,1-3H3/t19-,21-/m0/s1. The van der Waals surface area contributed by atoms with E-state index in [0.717, 1.165) is 0 Å². The third-order valence-corrected chi connectivity index (χ3v) is 4.69. The van der Waals surface area contributed by atoms with Crippen LogP contribution in [0.25, 0.3) is 0 Å². The lowest BCUT2D eigenvalue weighted by molar-refractivity contribution is -0.216. The summed E-state index contributed by atoms with van der Waals surface area (Å²) in [6.45, 7) is 1.22. The molecule has 8 heteroatoms. The number of hydrogen-bond acceptors (Lipinski definition) is 5. The van der Waals surface area contributed by atoms with E-state index in [1.807, 2.05) is 0 Å². The van der Waals surface area contributed by atoms with Gasteiger partial charge in [-0.3, -0.25) is 5.32 Å². The minimum absolute atomic E-state index is 0.0656. The molecule has 2 aromatic rings. The zero-order valence-electron chi connectivity index (χ0n) is 17.2. The van der Waals surface area contributed by atoms with Gasteiger partial charge in [0.15, 0.2) is 0 Å². The highest BCUT2D eigenvalue weighted by atomic mass is 19.4. The molecule has 0 radical (unpaired) electrons. The lowest BCUT2D eigenvalue weighted by Gasteiger charge is -2.37. The first kappa shape index (κ1) is 23.7. The summed E-state index contributed by atoms with van der Waals surface area (Å²) in [5.41, 5.74) is -2.10. The SMILES string of the molecule is CCOC(=O)[C@](Cc1ccc(OC)cc1)(N[C@@H](COC)c1ccccc1)C(F)(F)F. The fourth-order valence-electron chi connectivity index (χ4n) is 3.15. The molecule has 0 saturated heterocycles. The van der Waals surface area contributed by atoms with Crippen LogP contribution in [0.15, 0.2) is 54.6 Å². The highest BCUT2D eigenvalue weighted by molar-refractivity contribution is 5.82. The number of nitrogens with one attached hydrogen (secondary N) is 1. The minimum Gasteiger partial charge on any atom is -0.497 e. The van der Waals surface area contributed by atoms with Crippen molar-refractivity contribution in [2.75, 3.05) is 27.4 Å². The van der Waals surface area contributed by atoms with E-state index in [2.05, 4.69) is 5.32 Å². The summed E-state index contributed by atoms with van der Waals surface area (Å²) in [4.78, 5) is 12.7. The zero-order chi connectivity index (χ0) is 22.2. The largest absolute Gasteiger partial charge is 0.497 e. The third kappa shape index (κ3) is 5.52. The van der Waals surface area contributed by atoms with Crippen molar-refractivity contribution in [1.82, 2.24) is 5.32 Å². The van der Waals surface area contributed by atoms with Crippen LogP contribution in [0, 0.1) is 0 Å². The van der Waals surface area contributed by atoms with Gasteiger partial charge in [0.2, 0.25) is 5.54 Å².